The van der Waals surface area contributed by atoms with Crippen LogP contribution < -0.4 is 0 Å². The van der Waals surface area contributed by atoms with E-state index >= 15 is 0 Å². The highest BCUT2D eigenvalue weighted by molar-refractivity contribution is 8.02. The third kappa shape index (κ3) is 4.52. The molecule has 0 rings (SSSR count). The van der Waals surface area contributed by atoms with E-state index in [1.807, 2.05) is 20.8 Å². The molecule has 1 atom stereocenters. The molecule has 0 radical (unpaired) electrons. The van der Waals surface area contributed by atoms with Crippen LogP contribution >= 0.6 is 11.8 Å². The van der Waals surface area contributed by atoms with Crippen LogP contribution in [0, 0.1) is 0 Å². The normalized spacial score (nSPS) is 16.7. The average Bonchev–Trinajstić information content (AvgIpc) is 1.82. The van der Waals surface area contributed by atoms with Gasteiger partial charge >= 0.3 is 5.97 Å². The fourth-order valence-electron chi connectivity index (χ4n) is 1.09. The molecule has 0 saturated carbocycles. The standard InChI is InChI=1S/C9H18O3S/c1-8(2,3)13-9(4,6-12-5)7(10)11/h6H2,1-5H3,(H,10,11). The second-order valence-electron chi connectivity index (χ2n) is 4.18. The van der Waals surface area contributed by atoms with Crippen LogP contribution in [0.1, 0.15) is 27.7 Å². The molecule has 0 aromatic rings. The van der Waals surface area contributed by atoms with Crippen LogP contribution in [0.2, 0.25) is 0 Å². The van der Waals surface area contributed by atoms with Gasteiger partial charge < -0.3 is 9.84 Å². The highest BCUT2D eigenvalue weighted by Gasteiger charge is 2.38. The number of methoxy groups -OCH3 is 1. The third-order valence-electron chi connectivity index (χ3n) is 1.40. The van der Waals surface area contributed by atoms with E-state index < -0.39 is 10.7 Å². The van der Waals surface area contributed by atoms with E-state index in [0.29, 0.717) is 0 Å². The lowest BCUT2D eigenvalue weighted by Crippen LogP contribution is -2.39. The molecule has 0 heterocycles. The molecule has 0 aliphatic carbocycles. The highest BCUT2D eigenvalue weighted by atomic mass is 32.2. The molecule has 0 aliphatic rings. The molecule has 0 bridgehead atoms. The van der Waals surface area contributed by atoms with Gasteiger partial charge in [0, 0.05) is 11.9 Å². The van der Waals surface area contributed by atoms with E-state index in [2.05, 4.69) is 0 Å². The third-order valence-corrected chi connectivity index (χ3v) is 2.76. The maximum atomic E-state index is 11.0. The number of carbonyl (C=O) groups is 1. The summed E-state index contributed by atoms with van der Waals surface area (Å²) in [6.07, 6.45) is 0. The van der Waals surface area contributed by atoms with Crippen LogP contribution in [0.3, 0.4) is 0 Å². The quantitative estimate of drug-likeness (QED) is 0.764. The Morgan fingerprint density at radius 1 is 1.38 bits per heavy atom. The Labute approximate surface area is 83.9 Å². The van der Waals surface area contributed by atoms with Crippen LogP contribution in [0.25, 0.3) is 0 Å². The van der Waals surface area contributed by atoms with Crippen molar-refractivity contribution < 1.29 is 14.6 Å². The van der Waals surface area contributed by atoms with Gasteiger partial charge in [0.05, 0.1) is 6.61 Å². The van der Waals surface area contributed by atoms with Crippen molar-refractivity contribution >= 4 is 17.7 Å². The Balaban J connectivity index is 4.51. The molecular formula is C9H18O3S. The predicted octanol–water partition coefficient (Wildman–Crippen LogP) is 2.01. The molecule has 0 aliphatic heterocycles. The summed E-state index contributed by atoms with van der Waals surface area (Å²) in [5, 5.41) is 9.03. The van der Waals surface area contributed by atoms with Gasteiger partial charge in [-0.2, -0.15) is 0 Å². The molecule has 0 spiro atoms. The summed E-state index contributed by atoms with van der Waals surface area (Å²) < 4.78 is 3.98. The smallest absolute Gasteiger partial charge is 0.321 e. The molecule has 1 unspecified atom stereocenters. The van der Waals surface area contributed by atoms with E-state index in [1.54, 1.807) is 6.92 Å². The first-order valence-corrected chi connectivity index (χ1v) is 4.95. The maximum Gasteiger partial charge on any atom is 0.321 e. The van der Waals surface area contributed by atoms with E-state index in [0.717, 1.165) is 0 Å². The Bertz CT molecular complexity index is 186. The summed E-state index contributed by atoms with van der Waals surface area (Å²) in [5.74, 6) is -0.825. The minimum absolute atomic E-state index is 0.0777. The monoisotopic (exact) mass is 206 g/mol. The van der Waals surface area contributed by atoms with Crippen LogP contribution in [0.5, 0.6) is 0 Å². The van der Waals surface area contributed by atoms with Crippen LogP contribution in [-0.2, 0) is 9.53 Å². The molecule has 4 heteroatoms. The summed E-state index contributed by atoms with van der Waals surface area (Å²) in [6, 6.07) is 0. The molecule has 13 heavy (non-hydrogen) atoms. The van der Waals surface area contributed by atoms with Crippen molar-refractivity contribution in [2.24, 2.45) is 0 Å². The van der Waals surface area contributed by atoms with E-state index in [4.69, 9.17) is 9.84 Å². The van der Waals surface area contributed by atoms with Crippen molar-refractivity contribution in [1.82, 2.24) is 0 Å². The molecule has 3 nitrogen and oxygen atoms in total. The minimum atomic E-state index is -0.854. The summed E-state index contributed by atoms with van der Waals surface area (Å²) >= 11 is 1.41. The zero-order chi connectivity index (χ0) is 10.7. The molecular weight excluding hydrogens is 188 g/mol. The fourth-order valence-corrected chi connectivity index (χ4v) is 2.70. The van der Waals surface area contributed by atoms with E-state index in [9.17, 15) is 4.79 Å². The van der Waals surface area contributed by atoms with Crippen molar-refractivity contribution in [1.29, 1.82) is 0 Å². The zero-order valence-electron chi connectivity index (χ0n) is 8.88. The maximum absolute atomic E-state index is 11.0. The molecule has 0 saturated heterocycles. The van der Waals surface area contributed by atoms with Gasteiger partial charge in [0.25, 0.3) is 0 Å². The van der Waals surface area contributed by atoms with Crippen LogP contribution in [0.15, 0.2) is 0 Å². The molecule has 0 aromatic carbocycles. The van der Waals surface area contributed by atoms with E-state index in [-0.39, 0.29) is 11.4 Å². The lowest BCUT2D eigenvalue weighted by molar-refractivity contribution is -0.140. The Morgan fingerprint density at radius 2 is 1.85 bits per heavy atom. The Morgan fingerprint density at radius 3 is 2.08 bits per heavy atom. The molecule has 0 fully saturated rings. The van der Waals surface area contributed by atoms with Crippen LogP contribution in [-0.4, -0.2) is 34.3 Å². The van der Waals surface area contributed by atoms with Gasteiger partial charge in [-0.05, 0) is 6.92 Å². The molecule has 78 valence electrons. The lowest BCUT2D eigenvalue weighted by Gasteiger charge is -2.30. The van der Waals surface area contributed by atoms with E-state index in [1.165, 1.54) is 18.9 Å². The van der Waals surface area contributed by atoms with Crippen molar-refractivity contribution in [3.05, 3.63) is 0 Å². The van der Waals surface area contributed by atoms with Gasteiger partial charge in [-0.3, -0.25) is 4.79 Å². The summed E-state index contributed by atoms with van der Waals surface area (Å²) in [5.41, 5.74) is 0. The predicted molar refractivity (Wildman–Crippen MR) is 55.3 cm³/mol. The Hall–Kier alpha value is -0.220. The zero-order valence-corrected chi connectivity index (χ0v) is 9.70. The lowest BCUT2D eigenvalue weighted by atomic mass is 10.2. The SMILES string of the molecule is COCC(C)(SC(C)(C)C)C(=O)O. The van der Waals surface area contributed by atoms with Crippen molar-refractivity contribution in [3.8, 4) is 0 Å². The van der Waals surface area contributed by atoms with Crippen LogP contribution in [0.4, 0.5) is 0 Å². The minimum Gasteiger partial charge on any atom is -0.480 e. The molecule has 0 aromatic heterocycles. The fraction of sp³-hybridized carbons (Fsp3) is 0.889. The molecule has 0 amide bonds. The average molecular weight is 206 g/mol. The number of rotatable bonds is 4. The van der Waals surface area contributed by atoms with Gasteiger partial charge in [0.15, 0.2) is 0 Å². The van der Waals surface area contributed by atoms with Gasteiger partial charge in [-0.25, -0.2) is 0 Å². The van der Waals surface area contributed by atoms with Crippen molar-refractivity contribution in [2.45, 2.75) is 37.2 Å². The molecule has 1 N–H and O–H groups in total. The number of hydrogen-bond donors (Lipinski definition) is 1. The first kappa shape index (κ1) is 12.8. The largest absolute Gasteiger partial charge is 0.480 e. The number of ether oxygens (including phenoxy) is 1. The van der Waals surface area contributed by atoms with Gasteiger partial charge in [0.2, 0.25) is 0 Å². The second kappa shape index (κ2) is 4.33. The Kier molecular flexibility index (Phi) is 4.26. The highest BCUT2D eigenvalue weighted by Crippen LogP contribution is 2.36. The van der Waals surface area contributed by atoms with Gasteiger partial charge in [-0.1, -0.05) is 20.8 Å². The number of thioether (sulfide) groups is 1. The second-order valence-corrected chi connectivity index (χ2v) is 6.51. The summed E-state index contributed by atoms with van der Waals surface area (Å²) in [6.45, 7) is 7.90. The number of hydrogen-bond acceptors (Lipinski definition) is 3. The number of carboxylic acid groups (broad SMARTS) is 1. The summed E-state index contributed by atoms with van der Waals surface area (Å²) in [7, 11) is 1.52. The number of aliphatic carboxylic acids is 1. The van der Waals surface area contributed by atoms with Gasteiger partial charge in [0.1, 0.15) is 4.75 Å². The first-order valence-electron chi connectivity index (χ1n) is 4.14. The van der Waals surface area contributed by atoms with Crippen molar-refractivity contribution in [2.75, 3.05) is 13.7 Å². The first-order chi connectivity index (χ1) is 5.71. The topological polar surface area (TPSA) is 46.5 Å². The summed E-state index contributed by atoms with van der Waals surface area (Å²) in [4.78, 5) is 11.0. The van der Waals surface area contributed by atoms with Crippen molar-refractivity contribution in [3.63, 3.8) is 0 Å². The van der Waals surface area contributed by atoms with Gasteiger partial charge in [-0.15, -0.1) is 11.8 Å². The number of carboxylic acids is 1.